The number of carbonyl (C=O) groups excluding carboxylic acids is 2. The highest BCUT2D eigenvalue weighted by Crippen LogP contribution is 2.11. The summed E-state index contributed by atoms with van der Waals surface area (Å²) in [5, 5.41) is 9.54. The monoisotopic (exact) mass is 691 g/mol. The maximum Gasteiger partial charge on any atom is 0.306 e. The second-order valence-electron chi connectivity index (χ2n) is 12.3. The molecule has 280 valence electrons. The molecule has 5 heteroatoms. The standard InChI is InChI=1S/C45H70O5/c1-3-5-7-9-11-13-15-17-18-19-20-21-22-23-24-25-26-28-30-32-34-36-38-40-45(48)50-43(41-46)42-49-44(47)39-37-35-33-31-29-27-16-14-12-10-8-6-4-2/h5-8,10-14,16-18,20-21,23-24,27,29,43,46H,3-4,9,15,19,22,25-26,28,30-42H2,1-2H3/b7-5+,8-6+,12-10+,13-11+,16-14+,18-17+,21-20+,24-23+,29-27+. The van der Waals surface area contributed by atoms with Crippen molar-refractivity contribution in [2.45, 2.75) is 148 Å². The summed E-state index contributed by atoms with van der Waals surface area (Å²) < 4.78 is 10.6. The third-order valence-corrected chi connectivity index (χ3v) is 7.66. The van der Waals surface area contributed by atoms with Gasteiger partial charge in [0.05, 0.1) is 6.61 Å². The smallest absolute Gasteiger partial charge is 0.306 e. The lowest BCUT2D eigenvalue weighted by Crippen LogP contribution is -2.28. The van der Waals surface area contributed by atoms with Crippen LogP contribution in [0.25, 0.3) is 0 Å². The minimum atomic E-state index is -0.801. The van der Waals surface area contributed by atoms with E-state index in [-0.39, 0.29) is 25.2 Å². The van der Waals surface area contributed by atoms with Crippen molar-refractivity contribution in [2.24, 2.45) is 0 Å². The van der Waals surface area contributed by atoms with Crippen LogP contribution in [-0.4, -0.2) is 36.4 Å². The van der Waals surface area contributed by atoms with E-state index in [9.17, 15) is 14.7 Å². The van der Waals surface area contributed by atoms with E-state index >= 15 is 0 Å². The zero-order chi connectivity index (χ0) is 36.4. The highest BCUT2D eigenvalue weighted by atomic mass is 16.6. The van der Waals surface area contributed by atoms with Gasteiger partial charge in [0, 0.05) is 12.8 Å². The summed E-state index contributed by atoms with van der Waals surface area (Å²) in [6.07, 6.45) is 57.2. The molecule has 0 rings (SSSR count). The van der Waals surface area contributed by atoms with Gasteiger partial charge in [0.1, 0.15) is 6.61 Å². The number of unbranched alkanes of at least 4 members (excludes halogenated alkanes) is 10. The molecule has 0 aliphatic carbocycles. The first-order chi connectivity index (χ1) is 24.6. The molecule has 0 spiro atoms. The number of hydrogen-bond acceptors (Lipinski definition) is 5. The Bertz CT molecular complexity index is 1050. The molecule has 0 aromatic heterocycles. The molecular formula is C45H70O5. The van der Waals surface area contributed by atoms with Crippen LogP contribution in [0.15, 0.2) is 109 Å². The molecule has 0 aromatic carbocycles. The first-order valence-corrected chi connectivity index (χ1v) is 19.5. The number of hydrogen-bond donors (Lipinski definition) is 1. The lowest BCUT2D eigenvalue weighted by molar-refractivity contribution is -0.161. The van der Waals surface area contributed by atoms with Gasteiger partial charge in [0.15, 0.2) is 6.10 Å². The highest BCUT2D eigenvalue weighted by Gasteiger charge is 2.16. The van der Waals surface area contributed by atoms with Crippen molar-refractivity contribution in [3.8, 4) is 0 Å². The van der Waals surface area contributed by atoms with E-state index in [1.807, 2.05) is 36.5 Å². The molecule has 0 aliphatic rings. The fourth-order valence-corrected chi connectivity index (χ4v) is 4.77. The van der Waals surface area contributed by atoms with Crippen molar-refractivity contribution in [3.63, 3.8) is 0 Å². The second-order valence-corrected chi connectivity index (χ2v) is 12.3. The molecule has 0 fully saturated rings. The summed E-state index contributed by atoms with van der Waals surface area (Å²) in [6.45, 7) is 3.81. The maximum atomic E-state index is 12.2. The molecule has 0 aliphatic heterocycles. The highest BCUT2D eigenvalue weighted by molar-refractivity contribution is 5.70. The lowest BCUT2D eigenvalue weighted by Gasteiger charge is -2.15. The van der Waals surface area contributed by atoms with Crippen molar-refractivity contribution in [1.29, 1.82) is 0 Å². The number of aliphatic hydroxyl groups is 1. The Morgan fingerprint density at radius 2 is 0.900 bits per heavy atom. The largest absolute Gasteiger partial charge is 0.462 e. The zero-order valence-corrected chi connectivity index (χ0v) is 31.6. The van der Waals surface area contributed by atoms with Crippen LogP contribution in [0.5, 0.6) is 0 Å². The SMILES string of the molecule is CC/C=C/C=C/C=C/C=C/CCCCCC(=O)OCC(CO)OC(=O)CCCCCCCCC/C=C/C/C=C/C/C=C/C/C=C/C/C=C/CC. The fourth-order valence-electron chi connectivity index (χ4n) is 4.77. The normalized spacial score (nSPS) is 13.4. The summed E-state index contributed by atoms with van der Waals surface area (Å²) in [7, 11) is 0. The topological polar surface area (TPSA) is 72.8 Å². The number of aliphatic hydroxyl groups excluding tert-OH is 1. The number of carbonyl (C=O) groups is 2. The van der Waals surface area contributed by atoms with Gasteiger partial charge in [-0.1, -0.05) is 162 Å². The van der Waals surface area contributed by atoms with E-state index in [2.05, 4.69) is 86.8 Å². The van der Waals surface area contributed by atoms with Crippen LogP contribution in [0.3, 0.4) is 0 Å². The van der Waals surface area contributed by atoms with Crippen LogP contribution in [0.4, 0.5) is 0 Å². The summed E-state index contributed by atoms with van der Waals surface area (Å²) in [5.41, 5.74) is 0. The summed E-state index contributed by atoms with van der Waals surface area (Å²) >= 11 is 0. The van der Waals surface area contributed by atoms with Gasteiger partial charge in [-0.15, -0.1) is 0 Å². The molecule has 0 bridgehead atoms. The molecule has 5 nitrogen and oxygen atoms in total. The number of ether oxygens (including phenoxy) is 2. The van der Waals surface area contributed by atoms with Gasteiger partial charge in [-0.25, -0.2) is 0 Å². The molecule has 0 amide bonds. The van der Waals surface area contributed by atoms with Crippen LogP contribution in [0.1, 0.15) is 142 Å². The molecule has 1 N–H and O–H groups in total. The van der Waals surface area contributed by atoms with E-state index in [1.165, 1.54) is 25.7 Å². The Kier molecular flexibility index (Phi) is 37.2. The summed E-state index contributed by atoms with van der Waals surface area (Å²) in [4.78, 5) is 24.2. The maximum absolute atomic E-state index is 12.2. The molecule has 0 radical (unpaired) electrons. The van der Waals surface area contributed by atoms with Gasteiger partial charge in [0.25, 0.3) is 0 Å². The van der Waals surface area contributed by atoms with Crippen molar-refractivity contribution >= 4 is 11.9 Å². The van der Waals surface area contributed by atoms with Gasteiger partial charge in [-0.2, -0.15) is 0 Å². The molecule has 0 heterocycles. The third kappa shape index (κ3) is 37.4. The lowest BCUT2D eigenvalue weighted by atomic mass is 10.1. The molecule has 0 aromatic rings. The van der Waals surface area contributed by atoms with Crippen LogP contribution in [0, 0.1) is 0 Å². The van der Waals surface area contributed by atoms with E-state index in [4.69, 9.17) is 9.47 Å². The molecule has 1 atom stereocenters. The van der Waals surface area contributed by atoms with E-state index in [0.29, 0.717) is 12.8 Å². The predicted octanol–water partition coefficient (Wildman–Crippen LogP) is 12.3. The Balaban J connectivity index is 3.68. The molecule has 50 heavy (non-hydrogen) atoms. The predicted molar refractivity (Wildman–Crippen MR) is 214 cm³/mol. The average Bonchev–Trinajstić information content (AvgIpc) is 3.12. The number of esters is 2. The Hall–Kier alpha value is -3.44. The minimum absolute atomic E-state index is 0.0988. The van der Waals surface area contributed by atoms with Crippen molar-refractivity contribution in [1.82, 2.24) is 0 Å². The first-order valence-electron chi connectivity index (χ1n) is 19.5. The van der Waals surface area contributed by atoms with E-state index in [1.54, 1.807) is 0 Å². The van der Waals surface area contributed by atoms with Crippen molar-refractivity contribution < 1.29 is 24.2 Å². The van der Waals surface area contributed by atoms with Gasteiger partial charge in [-0.3, -0.25) is 9.59 Å². The zero-order valence-electron chi connectivity index (χ0n) is 31.6. The molecular weight excluding hydrogens is 620 g/mol. The second kappa shape index (κ2) is 40.0. The Labute approximate surface area is 306 Å². The van der Waals surface area contributed by atoms with Crippen LogP contribution < -0.4 is 0 Å². The average molecular weight is 691 g/mol. The van der Waals surface area contributed by atoms with E-state index in [0.717, 1.165) is 89.9 Å². The molecule has 1 unspecified atom stereocenters. The van der Waals surface area contributed by atoms with Crippen LogP contribution in [0.2, 0.25) is 0 Å². The Morgan fingerprint density at radius 3 is 1.46 bits per heavy atom. The number of rotatable bonds is 33. The van der Waals surface area contributed by atoms with Crippen molar-refractivity contribution in [2.75, 3.05) is 13.2 Å². The summed E-state index contributed by atoms with van der Waals surface area (Å²) in [5.74, 6) is -0.663. The summed E-state index contributed by atoms with van der Waals surface area (Å²) in [6, 6.07) is 0. The van der Waals surface area contributed by atoms with Crippen LogP contribution >= 0.6 is 0 Å². The third-order valence-electron chi connectivity index (χ3n) is 7.66. The van der Waals surface area contributed by atoms with E-state index < -0.39 is 6.10 Å². The minimum Gasteiger partial charge on any atom is -0.462 e. The Morgan fingerprint density at radius 1 is 0.480 bits per heavy atom. The molecule has 0 saturated carbocycles. The number of allylic oxidation sites excluding steroid dienone is 18. The van der Waals surface area contributed by atoms with Gasteiger partial charge in [0.2, 0.25) is 0 Å². The van der Waals surface area contributed by atoms with Gasteiger partial charge < -0.3 is 14.6 Å². The first kappa shape index (κ1) is 46.6. The fraction of sp³-hybridized carbons (Fsp3) is 0.556. The van der Waals surface area contributed by atoms with Crippen molar-refractivity contribution in [3.05, 3.63) is 109 Å². The quantitative estimate of drug-likeness (QED) is 0.0321. The van der Waals surface area contributed by atoms with Gasteiger partial charge in [-0.05, 0) is 77.0 Å². The van der Waals surface area contributed by atoms with Crippen LogP contribution in [-0.2, 0) is 19.1 Å². The van der Waals surface area contributed by atoms with Gasteiger partial charge >= 0.3 is 11.9 Å². The molecule has 0 saturated heterocycles.